The Morgan fingerprint density at radius 2 is 1.35 bits per heavy atom. The molecule has 5 heteroatoms. The molecule has 0 radical (unpaired) electrons. The largest absolute Gasteiger partial charge is 0.399 e. The molecule has 0 atom stereocenters. The minimum atomic E-state index is -0.724. The molecule has 0 aliphatic carbocycles. The van der Waals surface area contributed by atoms with E-state index in [1.54, 1.807) is 0 Å². The molecule has 2 aromatic carbocycles. The van der Waals surface area contributed by atoms with E-state index in [4.69, 9.17) is 28.9 Å². The number of halogens is 4. The number of anilines is 1. The highest BCUT2D eigenvalue weighted by atomic mass is 35.5. The van der Waals surface area contributed by atoms with E-state index in [0.717, 1.165) is 12.1 Å². The minimum absolute atomic E-state index is 0.109. The zero-order chi connectivity index (χ0) is 12.6. The summed E-state index contributed by atoms with van der Waals surface area (Å²) in [6.45, 7) is 0. The van der Waals surface area contributed by atoms with Gasteiger partial charge in [0.25, 0.3) is 0 Å². The van der Waals surface area contributed by atoms with Crippen molar-refractivity contribution < 1.29 is 8.78 Å². The fourth-order valence-electron chi connectivity index (χ4n) is 1.57. The lowest BCUT2D eigenvalue weighted by molar-refractivity contribution is 0.589. The molecule has 88 valence electrons. The van der Waals surface area contributed by atoms with Crippen LogP contribution in [0.3, 0.4) is 0 Å². The van der Waals surface area contributed by atoms with Crippen LogP contribution in [-0.2, 0) is 0 Å². The maximum absolute atomic E-state index is 13.6. The van der Waals surface area contributed by atoms with Crippen LogP contribution in [0.5, 0.6) is 0 Å². The third-order valence-electron chi connectivity index (χ3n) is 2.28. The molecule has 0 fully saturated rings. The van der Waals surface area contributed by atoms with Crippen molar-refractivity contribution >= 4 is 28.9 Å². The van der Waals surface area contributed by atoms with Crippen LogP contribution in [0.25, 0.3) is 11.1 Å². The highest BCUT2D eigenvalue weighted by Crippen LogP contribution is 2.39. The van der Waals surface area contributed by atoms with Gasteiger partial charge in [0.05, 0.1) is 15.6 Å². The Balaban J connectivity index is 2.77. The Morgan fingerprint density at radius 3 is 1.82 bits per heavy atom. The van der Waals surface area contributed by atoms with E-state index < -0.39 is 11.6 Å². The molecule has 2 rings (SSSR count). The Kier molecular flexibility index (Phi) is 3.22. The fraction of sp³-hybridized carbons (Fsp3) is 0. The lowest BCUT2D eigenvalue weighted by atomic mass is 10.0. The molecule has 0 aliphatic heterocycles. The Labute approximate surface area is 107 Å². The molecule has 0 heterocycles. The lowest BCUT2D eigenvalue weighted by Gasteiger charge is -2.10. The fourth-order valence-corrected chi connectivity index (χ4v) is 2.26. The van der Waals surface area contributed by atoms with E-state index in [1.165, 1.54) is 18.2 Å². The molecule has 17 heavy (non-hydrogen) atoms. The number of hydrogen-bond donors (Lipinski definition) is 1. The van der Waals surface area contributed by atoms with Crippen molar-refractivity contribution in [2.75, 3.05) is 5.73 Å². The molecule has 0 aliphatic rings. The highest BCUT2D eigenvalue weighted by molar-refractivity contribution is 6.39. The first-order chi connectivity index (χ1) is 8.00. The average molecular weight is 274 g/mol. The average Bonchev–Trinajstić information content (AvgIpc) is 2.21. The first-order valence-corrected chi connectivity index (χ1v) is 5.45. The summed E-state index contributed by atoms with van der Waals surface area (Å²) >= 11 is 11.8. The molecule has 0 spiro atoms. The van der Waals surface area contributed by atoms with Crippen LogP contribution in [0.15, 0.2) is 30.3 Å². The molecule has 0 unspecified atom stereocenters. The zero-order valence-corrected chi connectivity index (χ0v) is 9.99. The van der Waals surface area contributed by atoms with Crippen molar-refractivity contribution in [2.45, 2.75) is 0 Å². The van der Waals surface area contributed by atoms with Crippen molar-refractivity contribution in [3.05, 3.63) is 52.0 Å². The van der Waals surface area contributed by atoms with Crippen LogP contribution in [-0.4, -0.2) is 0 Å². The monoisotopic (exact) mass is 273 g/mol. The van der Waals surface area contributed by atoms with Gasteiger partial charge in [-0.25, -0.2) is 8.78 Å². The van der Waals surface area contributed by atoms with Crippen molar-refractivity contribution in [3.8, 4) is 11.1 Å². The predicted octanol–water partition coefficient (Wildman–Crippen LogP) is 4.52. The molecule has 0 amide bonds. The predicted molar refractivity (Wildman–Crippen MR) is 66.2 cm³/mol. The van der Waals surface area contributed by atoms with Gasteiger partial charge in [-0.3, -0.25) is 0 Å². The molecular weight excluding hydrogens is 267 g/mol. The van der Waals surface area contributed by atoms with Gasteiger partial charge in [-0.15, -0.1) is 0 Å². The smallest absolute Gasteiger partial charge is 0.134 e. The van der Waals surface area contributed by atoms with E-state index in [9.17, 15) is 8.78 Å². The van der Waals surface area contributed by atoms with Crippen molar-refractivity contribution in [2.24, 2.45) is 0 Å². The van der Waals surface area contributed by atoms with Gasteiger partial charge in [-0.05, 0) is 24.3 Å². The summed E-state index contributed by atoms with van der Waals surface area (Å²) in [5.41, 5.74) is 5.72. The van der Waals surface area contributed by atoms with Gasteiger partial charge in [0.2, 0.25) is 0 Å². The summed E-state index contributed by atoms with van der Waals surface area (Å²) in [5.74, 6) is -1.45. The maximum Gasteiger partial charge on any atom is 0.134 e. The Bertz CT molecular complexity index is 541. The first-order valence-electron chi connectivity index (χ1n) is 4.69. The SMILES string of the molecule is Nc1cc(Cl)c(-c2c(F)cccc2F)c(Cl)c1. The zero-order valence-electron chi connectivity index (χ0n) is 8.48. The van der Waals surface area contributed by atoms with E-state index in [1.807, 2.05) is 0 Å². The van der Waals surface area contributed by atoms with E-state index >= 15 is 0 Å². The van der Waals surface area contributed by atoms with Crippen molar-refractivity contribution in [3.63, 3.8) is 0 Å². The van der Waals surface area contributed by atoms with Crippen LogP contribution < -0.4 is 5.73 Å². The van der Waals surface area contributed by atoms with Crippen LogP contribution in [0.4, 0.5) is 14.5 Å². The van der Waals surface area contributed by atoms with Crippen molar-refractivity contribution in [1.82, 2.24) is 0 Å². The van der Waals surface area contributed by atoms with Gasteiger partial charge in [-0.1, -0.05) is 29.3 Å². The third-order valence-corrected chi connectivity index (χ3v) is 2.87. The molecule has 2 N–H and O–H groups in total. The van der Waals surface area contributed by atoms with Gasteiger partial charge < -0.3 is 5.73 Å². The quantitative estimate of drug-likeness (QED) is 0.760. The van der Waals surface area contributed by atoms with Gasteiger partial charge in [-0.2, -0.15) is 0 Å². The van der Waals surface area contributed by atoms with Gasteiger partial charge in [0.15, 0.2) is 0 Å². The summed E-state index contributed by atoms with van der Waals surface area (Å²) in [6.07, 6.45) is 0. The third kappa shape index (κ3) is 2.21. The van der Waals surface area contributed by atoms with Gasteiger partial charge in [0, 0.05) is 11.3 Å². The molecule has 0 saturated heterocycles. The number of hydrogen-bond acceptors (Lipinski definition) is 1. The van der Waals surface area contributed by atoms with Crippen LogP contribution in [0.1, 0.15) is 0 Å². The number of rotatable bonds is 1. The van der Waals surface area contributed by atoms with Gasteiger partial charge >= 0.3 is 0 Å². The Morgan fingerprint density at radius 1 is 0.882 bits per heavy atom. The van der Waals surface area contributed by atoms with Crippen LogP contribution in [0.2, 0.25) is 10.0 Å². The van der Waals surface area contributed by atoms with E-state index in [0.29, 0.717) is 5.69 Å². The Hall–Kier alpha value is -1.32. The number of benzene rings is 2. The second-order valence-electron chi connectivity index (χ2n) is 3.46. The summed E-state index contributed by atoms with van der Waals surface area (Å²) in [4.78, 5) is 0. The topological polar surface area (TPSA) is 26.0 Å². The minimum Gasteiger partial charge on any atom is -0.399 e. The summed E-state index contributed by atoms with van der Waals surface area (Å²) in [5, 5.41) is 0.220. The summed E-state index contributed by atoms with van der Waals surface area (Å²) in [7, 11) is 0. The molecule has 0 saturated carbocycles. The first kappa shape index (κ1) is 12.1. The highest BCUT2D eigenvalue weighted by Gasteiger charge is 2.17. The molecular formula is C12H7Cl2F2N. The molecule has 0 aromatic heterocycles. The van der Waals surface area contributed by atoms with E-state index in [2.05, 4.69) is 0 Å². The van der Waals surface area contributed by atoms with Gasteiger partial charge in [0.1, 0.15) is 11.6 Å². The normalized spacial score (nSPS) is 10.6. The number of nitrogens with two attached hydrogens (primary N) is 1. The standard InChI is InChI=1S/C12H7Cl2F2N/c13-7-4-6(17)5-8(14)11(7)12-9(15)2-1-3-10(12)16/h1-5H,17H2. The van der Waals surface area contributed by atoms with Crippen LogP contribution >= 0.6 is 23.2 Å². The molecule has 2 aromatic rings. The summed E-state index contributed by atoms with van der Waals surface area (Å²) in [6, 6.07) is 6.35. The van der Waals surface area contributed by atoms with Crippen LogP contribution in [0, 0.1) is 11.6 Å². The second-order valence-corrected chi connectivity index (χ2v) is 4.27. The maximum atomic E-state index is 13.6. The molecule has 1 nitrogen and oxygen atoms in total. The molecule has 0 bridgehead atoms. The lowest BCUT2D eigenvalue weighted by Crippen LogP contribution is -1.93. The number of nitrogen functional groups attached to an aromatic ring is 1. The van der Waals surface area contributed by atoms with Crippen molar-refractivity contribution in [1.29, 1.82) is 0 Å². The summed E-state index contributed by atoms with van der Waals surface area (Å²) < 4.78 is 27.2. The second kappa shape index (κ2) is 4.51. The van der Waals surface area contributed by atoms with E-state index in [-0.39, 0.29) is 21.2 Å².